The molecule has 1 aliphatic heterocycles. The van der Waals surface area contributed by atoms with Crippen LogP contribution >= 0.6 is 0 Å². The summed E-state index contributed by atoms with van der Waals surface area (Å²) in [4.78, 5) is 29.3. The molecule has 4 aromatic rings. The fraction of sp³-hybridized carbons (Fsp3) is 0.231. The molecular weight excluding hydrogens is 467 g/mol. The standard InChI is InChI=1S/C26H23FN4O5/c1-26(27)21(18-12-13-19-23(28)29-15-30-31(18)19)35-20(14-34-24(32)16-8-4-2-5-9-16)22(26)36-25(33)17-10-6-3-7-11-17/h2-13,15,20-22H,14H2,1H3,(H2,28,29,30)/t20-,21+,22-,26+/m1/s1. The number of anilines is 1. The van der Waals surface area contributed by atoms with Crippen LogP contribution in [0.1, 0.15) is 39.4 Å². The van der Waals surface area contributed by atoms with E-state index >= 15 is 4.39 Å². The van der Waals surface area contributed by atoms with Gasteiger partial charge in [-0.05, 0) is 43.3 Å². The van der Waals surface area contributed by atoms with E-state index in [2.05, 4.69) is 10.1 Å². The van der Waals surface area contributed by atoms with Crippen molar-refractivity contribution in [1.82, 2.24) is 14.6 Å². The molecule has 184 valence electrons. The molecule has 0 radical (unpaired) electrons. The molecule has 2 aromatic carbocycles. The summed E-state index contributed by atoms with van der Waals surface area (Å²) in [6.07, 6.45) is -2.43. The fourth-order valence-electron chi connectivity index (χ4n) is 4.31. The highest BCUT2D eigenvalue weighted by atomic mass is 19.1. The Balaban J connectivity index is 1.45. The Hall–Kier alpha value is -4.31. The van der Waals surface area contributed by atoms with Crippen LogP contribution in [-0.4, -0.2) is 51.0 Å². The molecule has 10 heteroatoms. The number of hydrogen-bond acceptors (Lipinski definition) is 8. The zero-order valence-electron chi connectivity index (χ0n) is 19.3. The summed E-state index contributed by atoms with van der Waals surface area (Å²) in [5.74, 6) is -1.11. The van der Waals surface area contributed by atoms with Gasteiger partial charge in [0, 0.05) is 0 Å². The first kappa shape index (κ1) is 23.4. The van der Waals surface area contributed by atoms with E-state index in [1.165, 1.54) is 17.8 Å². The number of alkyl halides is 1. The predicted molar refractivity (Wildman–Crippen MR) is 127 cm³/mol. The van der Waals surface area contributed by atoms with E-state index in [0.717, 1.165) is 0 Å². The Bertz CT molecular complexity index is 1390. The minimum atomic E-state index is -2.21. The molecule has 36 heavy (non-hydrogen) atoms. The SMILES string of the molecule is C[C@@]1(F)[C@H](OC(=O)c2ccccc2)[C@@H](COC(=O)c2ccccc2)O[C@H]1c1ccc2c(N)ncnn12. The topological polar surface area (TPSA) is 118 Å². The van der Waals surface area contributed by atoms with E-state index in [-0.39, 0.29) is 18.0 Å². The third-order valence-corrected chi connectivity index (χ3v) is 6.13. The number of carbonyl (C=O) groups is 2. The molecule has 4 atom stereocenters. The molecule has 1 aliphatic rings. The van der Waals surface area contributed by atoms with E-state index in [0.29, 0.717) is 16.8 Å². The first-order valence-electron chi connectivity index (χ1n) is 11.3. The Morgan fingerprint density at radius 1 is 1.03 bits per heavy atom. The van der Waals surface area contributed by atoms with Gasteiger partial charge in [-0.25, -0.2) is 23.5 Å². The van der Waals surface area contributed by atoms with Crippen LogP contribution in [0.3, 0.4) is 0 Å². The largest absolute Gasteiger partial charge is 0.459 e. The lowest BCUT2D eigenvalue weighted by Gasteiger charge is -2.27. The minimum Gasteiger partial charge on any atom is -0.459 e. The molecular formula is C26H23FN4O5. The lowest BCUT2D eigenvalue weighted by Crippen LogP contribution is -2.43. The molecule has 2 aromatic heterocycles. The van der Waals surface area contributed by atoms with Crippen LogP contribution in [0, 0.1) is 0 Å². The van der Waals surface area contributed by atoms with Crippen molar-refractivity contribution < 1.29 is 28.2 Å². The van der Waals surface area contributed by atoms with Gasteiger partial charge in [-0.1, -0.05) is 36.4 Å². The zero-order chi connectivity index (χ0) is 25.3. The second kappa shape index (κ2) is 9.38. The molecule has 1 fully saturated rings. The summed E-state index contributed by atoms with van der Waals surface area (Å²) >= 11 is 0. The number of hydrogen-bond donors (Lipinski definition) is 1. The fourth-order valence-corrected chi connectivity index (χ4v) is 4.31. The third kappa shape index (κ3) is 4.27. The number of carbonyl (C=O) groups excluding carboxylic acids is 2. The van der Waals surface area contributed by atoms with E-state index in [9.17, 15) is 9.59 Å². The number of rotatable bonds is 6. The monoisotopic (exact) mass is 490 g/mol. The van der Waals surface area contributed by atoms with Crippen molar-refractivity contribution in [2.45, 2.75) is 30.9 Å². The van der Waals surface area contributed by atoms with Gasteiger partial charge in [-0.3, -0.25) is 0 Å². The number of nitrogens with zero attached hydrogens (tertiary/aromatic N) is 3. The predicted octanol–water partition coefficient (Wildman–Crippen LogP) is 3.56. The van der Waals surface area contributed by atoms with Crippen LogP contribution < -0.4 is 5.73 Å². The van der Waals surface area contributed by atoms with Crippen LogP contribution in [0.5, 0.6) is 0 Å². The van der Waals surface area contributed by atoms with E-state index in [4.69, 9.17) is 19.9 Å². The maximum absolute atomic E-state index is 16.5. The van der Waals surface area contributed by atoms with Gasteiger partial charge in [-0.15, -0.1) is 0 Å². The van der Waals surface area contributed by atoms with Gasteiger partial charge in [0.1, 0.15) is 30.7 Å². The summed E-state index contributed by atoms with van der Waals surface area (Å²) in [6.45, 7) is 0.945. The van der Waals surface area contributed by atoms with Gasteiger partial charge >= 0.3 is 11.9 Å². The van der Waals surface area contributed by atoms with Crippen LogP contribution in [0.2, 0.25) is 0 Å². The van der Waals surface area contributed by atoms with Crippen molar-refractivity contribution in [1.29, 1.82) is 0 Å². The quantitative estimate of drug-likeness (QED) is 0.408. The summed E-state index contributed by atoms with van der Waals surface area (Å²) in [7, 11) is 0. The number of benzene rings is 2. The Labute approximate surface area is 205 Å². The van der Waals surface area contributed by atoms with Crippen molar-refractivity contribution in [3.05, 3.63) is 95.9 Å². The van der Waals surface area contributed by atoms with Crippen molar-refractivity contribution >= 4 is 23.3 Å². The number of ether oxygens (including phenoxy) is 3. The van der Waals surface area contributed by atoms with E-state index < -0.39 is 35.9 Å². The summed E-state index contributed by atoms with van der Waals surface area (Å²) < 4.78 is 35.0. The molecule has 0 saturated carbocycles. The summed E-state index contributed by atoms with van der Waals surface area (Å²) in [6, 6.07) is 19.9. The van der Waals surface area contributed by atoms with Crippen LogP contribution in [-0.2, 0) is 14.2 Å². The Morgan fingerprint density at radius 3 is 2.33 bits per heavy atom. The van der Waals surface area contributed by atoms with Gasteiger partial charge in [0.05, 0.1) is 16.8 Å². The smallest absolute Gasteiger partial charge is 0.338 e. The average Bonchev–Trinajstić information content (AvgIpc) is 3.42. The number of nitrogens with two attached hydrogens (primary N) is 1. The average molecular weight is 490 g/mol. The summed E-state index contributed by atoms with van der Waals surface area (Å²) in [5, 5.41) is 4.17. The van der Waals surface area contributed by atoms with Crippen molar-refractivity contribution in [3.63, 3.8) is 0 Å². The van der Waals surface area contributed by atoms with Gasteiger partial charge in [0.2, 0.25) is 0 Å². The highest BCUT2D eigenvalue weighted by molar-refractivity contribution is 5.90. The zero-order valence-corrected chi connectivity index (χ0v) is 19.3. The maximum Gasteiger partial charge on any atom is 0.338 e. The Morgan fingerprint density at radius 2 is 1.67 bits per heavy atom. The molecule has 0 unspecified atom stereocenters. The second-order valence-corrected chi connectivity index (χ2v) is 8.56. The van der Waals surface area contributed by atoms with Crippen molar-refractivity contribution in [3.8, 4) is 0 Å². The first-order valence-corrected chi connectivity index (χ1v) is 11.3. The van der Waals surface area contributed by atoms with Gasteiger partial charge < -0.3 is 19.9 Å². The number of esters is 2. The van der Waals surface area contributed by atoms with Crippen LogP contribution in [0.25, 0.3) is 5.52 Å². The van der Waals surface area contributed by atoms with E-state index in [1.54, 1.807) is 72.8 Å². The molecule has 3 heterocycles. The number of nitrogen functional groups attached to an aromatic ring is 1. The summed E-state index contributed by atoms with van der Waals surface area (Å²) in [5.41, 5.74) is 5.13. The highest BCUT2D eigenvalue weighted by Crippen LogP contribution is 2.46. The molecule has 5 rings (SSSR count). The normalized spacial score (nSPS) is 23.4. The van der Waals surface area contributed by atoms with Crippen LogP contribution in [0.15, 0.2) is 79.1 Å². The number of halogens is 1. The van der Waals surface area contributed by atoms with Crippen LogP contribution in [0.4, 0.5) is 10.2 Å². The molecule has 0 aliphatic carbocycles. The lowest BCUT2D eigenvalue weighted by atomic mass is 9.92. The Kier molecular flexibility index (Phi) is 6.11. The van der Waals surface area contributed by atoms with Gasteiger partial charge in [-0.2, -0.15) is 5.10 Å². The molecule has 0 amide bonds. The van der Waals surface area contributed by atoms with Gasteiger partial charge in [0.15, 0.2) is 17.6 Å². The first-order chi connectivity index (χ1) is 17.4. The molecule has 2 N–H and O–H groups in total. The second-order valence-electron chi connectivity index (χ2n) is 8.56. The maximum atomic E-state index is 16.5. The molecule has 1 saturated heterocycles. The van der Waals surface area contributed by atoms with Crippen molar-refractivity contribution in [2.75, 3.05) is 12.3 Å². The number of fused-ring (bicyclic) bond motifs is 1. The lowest BCUT2D eigenvalue weighted by molar-refractivity contribution is -0.0449. The molecule has 0 bridgehead atoms. The third-order valence-electron chi connectivity index (χ3n) is 6.13. The molecule has 9 nitrogen and oxygen atoms in total. The molecule has 0 spiro atoms. The van der Waals surface area contributed by atoms with Crippen molar-refractivity contribution in [2.24, 2.45) is 0 Å². The highest BCUT2D eigenvalue weighted by Gasteiger charge is 2.58. The van der Waals surface area contributed by atoms with E-state index in [1.807, 2.05) is 0 Å². The number of aromatic nitrogens is 3. The minimum absolute atomic E-state index is 0.218. The van der Waals surface area contributed by atoms with Gasteiger partial charge in [0.25, 0.3) is 0 Å².